The van der Waals surface area contributed by atoms with Crippen LogP contribution in [0.5, 0.6) is 0 Å². The van der Waals surface area contributed by atoms with Gasteiger partial charge in [-0.05, 0) is 19.1 Å². The first-order valence-corrected chi connectivity index (χ1v) is 7.27. The number of hydrogen-bond donors (Lipinski definition) is 1. The molecule has 20 heavy (non-hydrogen) atoms. The summed E-state index contributed by atoms with van der Waals surface area (Å²) in [6, 6.07) is 5.83. The Kier molecular flexibility index (Phi) is 3.96. The number of carbonyl (C=O) groups is 1. The number of ketones is 1. The molecule has 0 aliphatic rings. The van der Waals surface area contributed by atoms with Gasteiger partial charge in [0.2, 0.25) is 10.0 Å². The molecule has 2 aromatic rings. The topological polar surface area (TPSA) is 96.0 Å². The molecule has 0 atom stereocenters. The van der Waals surface area contributed by atoms with Crippen molar-refractivity contribution in [2.45, 2.75) is 18.4 Å². The average molecular weight is 294 g/mol. The first-order chi connectivity index (χ1) is 9.41. The predicted octanol–water partition coefficient (Wildman–Crippen LogP) is 0.828. The van der Waals surface area contributed by atoms with Crippen molar-refractivity contribution in [1.29, 1.82) is 0 Å². The summed E-state index contributed by atoms with van der Waals surface area (Å²) in [4.78, 5) is 15.2. The number of aromatic nitrogens is 3. The van der Waals surface area contributed by atoms with Crippen molar-refractivity contribution in [3.05, 3.63) is 42.0 Å². The van der Waals surface area contributed by atoms with Crippen LogP contribution in [0.3, 0.4) is 0 Å². The Labute approximate surface area is 116 Å². The number of hydrogen-bond acceptors (Lipinski definition) is 5. The number of rotatable bonds is 5. The molecule has 0 unspecified atom stereocenters. The molecule has 1 aromatic carbocycles. The van der Waals surface area contributed by atoms with Gasteiger partial charge in [-0.1, -0.05) is 12.1 Å². The van der Waals surface area contributed by atoms with E-state index in [1.807, 2.05) is 0 Å². The largest absolute Gasteiger partial charge is 0.295 e. The Hall–Kier alpha value is -2.06. The molecule has 0 aliphatic heterocycles. The molecule has 1 aromatic heterocycles. The van der Waals surface area contributed by atoms with E-state index in [0.717, 1.165) is 4.31 Å². The van der Waals surface area contributed by atoms with Crippen LogP contribution in [0, 0.1) is 0 Å². The summed E-state index contributed by atoms with van der Waals surface area (Å²) in [6.45, 7) is 1.52. The zero-order chi connectivity index (χ0) is 14.8. The Morgan fingerprint density at radius 2 is 1.95 bits per heavy atom. The molecule has 7 nitrogen and oxygen atoms in total. The van der Waals surface area contributed by atoms with Gasteiger partial charge in [0.15, 0.2) is 5.78 Å². The van der Waals surface area contributed by atoms with Crippen LogP contribution in [-0.4, -0.2) is 40.7 Å². The van der Waals surface area contributed by atoms with Crippen LogP contribution in [0.25, 0.3) is 0 Å². The fourth-order valence-electron chi connectivity index (χ4n) is 1.64. The minimum absolute atomic E-state index is 0.0940. The Morgan fingerprint density at radius 1 is 1.30 bits per heavy atom. The molecule has 0 amide bonds. The molecule has 106 valence electrons. The number of sulfonamides is 1. The van der Waals surface area contributed by atoms with E-state index in [1.54, 1.807) is 0 Å². The second-order valence-electron chi connectivity index (χ2n) is 4.27. The lowest BCUT2D eigenvalue weighted by molar-refractivity contribution is 0.101. The molecule has 0 bridgehead atoms. The van der Waals surface area contributed by atoms with Crippen LogP contribution < -0.4 is 0 Å². The van der Waals surface area contributed by atoms with E-state index in [-0.39, 0.29) is 17.2 Å². The molecule has 0 fully saturated rings. The summed E-state index contributed by atoms with van der Waals surface area (Å²) >= 11 is 0. The van der Waals surface area contributed by atoms with Gasteiger partial charge in [0.05, 0.1) is 11.4 Å². The number of carbonyl (C=O) groups excluding carboxylic acids is 1. The third kappa shape index (κ3) is 2.91. The summed E-state index contributed by atoms with van der Waals surface area (Å²) in [5.74, 6) is 0.348. The van der Waals surface area contributed by atoms with E-state index in [2.05, 4.69) is 15.2 Å². The first-order valence-electron chi connectivity index (χ1n) is 5.83. The Bertz CT molecular complexity index is 693. The highest BCUT2D eigenvalue weighted by atomic mass is 32.2. The zero-order valence-electron chi connectivity index (χ0n) is 11.1. The van der Waals surface area contributed by atoms with Gasteiger partial charge in [-0.2, -0.15) is 9.40 Å². The van der Waals surface area contributed by atoms with Crippen LogP contribution >= 0.6 is 0 Å². The van der Waals surface area contributed by atoms with Crippen molar-refractivity contribution in [2.24, 2.45) is 0 Å². The monoisotopic (exact) mass is 294 g/mol. The second kappa shape index (κ2) is 5.51. The van der Waals surface area contributed by atoms with E-state index < -0.39 is 10.0 Å². The quantitative estimate of drug-likeness (QED) is 0.824. The fourth-order valence-corrected chi connectivity index (χ4v) is 2.78. The van der Waals surface area contributed by atoms with Crippen molar-refractivity contribution in [2.75, 3.05) is 7.05 Å². The van der Waals surface area contributed by atoms with Gasteiger partial charge in [-0.15, -0.1) is 0 Å². The van der Waals surface area contributed by atoms with Crippen molar-refractivity contribution in [1.82, 2.24) is 19.5 Å². The predicted molar refractivity (Wildman–Crippen MR) is 71.5 cm³/mol. The smallest absolute Gasteiger partial charge is 0.243 e. The lowest BCUT2D eigenvalue weighted by Gasteiger charge is -2.15. The van der Waals surface area contributed by atoms with Crippen molar-refractivity contribution >= 4 is 15.8 Å². The van der Waals surface area contributed by atoms with Gasteiger partial charge in [0.25, 0.3) is 0 Å². The second-order valence-corrected chi connectivity index (χ2v) is 6.32. The molecule has 0 saturated carbocycles. The maximum absolute atomic E-state index is 12.3. The van der Waals surface area contributed by atoms with Crippen LogP contribution in [-0.2, 0) is 16.6 Å². The lowest BCUT2D eigenvalue weighted by atomic mass is 10.2. The molecule has 1 heterocycles. The zero-order valence-corrected chi connectivity index (χ0v) is 11.9. The number of aromatic amines is 1. The van der Waals surface area contributed by atoms with Gasteiger partial charge in [0, 0.05) is 12.6 Å². The Morgan fingerprint density at radius 3 is 2.45 bits per heavy atom. The summed E-state index contributed by atoms with van der Waals surface area (Å²) in [6.07, 6.45) is 1.32. The standard InChI is InChI=1S/C12H14N4O3S/c1-9(17)10-3-5-11(6-4-10)20(18,19)16(2)7-12-13-8-14-15-12/h3-6,8H,7H2,1-2H3,(H,13,14,15). The SMILES string of the molecule is CC(=O)c1ccc(S(=O)(=O)N(C)Cc2ncn[nH]2)cc1. The van der Waals surface area contributed by atoms with Crippen LogP contribution in [0.15, 0.2) is 35.5 Å². The third-order valence-corrected chi connectivity index (χ3v) is 4.62. The van der Waals surface area contributed by atoms with Gasteiger partial charge in [0.1, 0.15) is 12.2 Å². The van der Waals surface area contributed by atoms with E-state index in [0.29, 0.717) is 11.4 Å². The normalized spacial score (nSPS) is 11.8. The maximum Gasteiger partial charge on any atom is 0.243 e. The highest BCUT2D eigenvalue weighted by Gasteiger charge is 2.21. The van der Waals surface area contributed by atoms with Crippen LogP contribution in [0.1, 0.15) is 23.1 Å². The molecule has 0 saturated heterocycles. The molecule has 0 radical (unpaired) electrons. The fraction of sp³-hybridized carbons (Fsp3) is 0.250. The summed E-state index contributed by atoms with van der Waals surface area (Å²) < 4.78 is 25.8. The number of nitrogens with one attached hydrogen (secondary N) is 1. The van der Waals surface area contributed by atoms with E-state index >= 15 is 0 Å². The molecular formula is C12H14N4O3S. The maximum atomic E-state index is 12.3. The molecular weight excluding hydrogens is 280 g/mol. The average Bonchev–Trinajstić information content (AvgIpc) is 2.91. The summed E-state index contributed by atoms with van der Waals surface area (Å²) in [5.41, 5.74) is 0.474. The summed E-state index contributed by atoms with van der Waals surface area (Å²) in [5, 5.41) is 6.27. The van der Waals surface area contributed by atoms with Gasteiger partial charge in [-0.3, -0.25) is 9.89 Å². The third-order valence-electron chi connectivity index (χ3n) is 2.81. The molecule has 0 spiro atoms. The minimum Gasteiger partial charge on any atom is -0.295 e. The number of nitrogens with zero attached hydrogens (tertiary/aromatic N) is 3. The minimum atomic E-state index is -3.62. The molecule has 1 N–H and O–H groups in total. The van der Waals surface area contributed by atoms with E-state index in [9.17, 15) is 13.2 Å². The lowest BCUT2D eigenvalue weighted by Crippen LogP contribution is -2.27. The molecule has 0 aliphatic carbocycles. The van der Waals surface area contributed by atoms with Crippen molar-refractivity contribution in [3.8, 4) is 0 Å². The first kappa shape index (κ1) is 14.4. The highest BCUT2D eigenvalue weighted by Crippen LogP contribution is 2.16. The van der Waals surface area contributed by atoms with Crippen LogP contribution in [0.4, 0.5) is 0 Å². The van der Waals surface area contributed by atoms with Gasteiger partial charge < -0.3 is 0 Å². The van der Waals surface area contributed by atoms with Gasteiger partial charge in [-0.25, -0.2) is 13.4 Å². The van der Waals surface area contributed by atoms with Crippen LogP contribution in [0.2, 0.25) is 0 Å². The van der Waals surface area contributed by atoms with E-state index in [1.165, 1.54) is 44.6 Å². The van der Waals surface area contributed by atoms with Crippen molar-refractivity contribution in [3.63, 3.8) is 0 Å². The van der Waals surface area contributed by atoms with E-state index in [4.69, 9.17) is 0 Å². The summed E-state index contributed by atoms with van der Waals surface area (Å²) in [7, 11) is -2.17. The van der Waals surface area contributed by atoms with Crippen molar-refractivity contribution < 1.29 is 13.2 Å². The van der Waals surface area contributed by atoms with Gasteiger partial charge >= 0.3 is 0 Å². The molecule has 8 heteroatoms. The molecule has 2 rings (SSSR count). The number of H-pyrrole nitrogens is 1. The number of benzene rings is 1. The Balaban J connectivity index is 2.23. The highest BCUT2D eigenvalue weighted by molar-refractivity contribution is 7.89. The number of Topliss-reactive ketones (excluding diaryl/α,β-unsaturated/α-hetero) is 1.